The van der Waals surface area contributed by atoms with Crippen LogP contribution < -0.4 is 9.47 Å². The molecule has 0 radical (unpaired) electrons. The second-order valence-corrected chi connectivity index (χ2v) is 8.46. The highest BCUT2D eigenvalue weighted by Gasteiger charge is 2.30. The van der Waals surface area contributed by atoms with Gasteiger partial charge in [-0.2, -0.15) is 13.2 Å². The minimum absolute atomic E-state index is 0.0174. The first-order valence-electron chi connectivity index (χ1n) is 11.5. The van der Waals surface area contributed by atoms with Crippen molar-refractivity contribution in [3.8, 4) is 22.6 Å². The number of hydrogen-bond acceptors (Lipinski definition) is 2. The van der Waals surface area contributed by atoms with E-state index >= 15 is 4.39 Å². The van der Waals surface area contributed by atoms with Gasteiger partial charge >= 0.3 is 6.18 Å². The van der Waals surface area contributed by atoms with Crippen LogP contribution in [-0.2, 0) is 12.8 Å². The van der Waals surface area contributed by atoms with Gasteiger partial charge in [0.1, 0.15) is 23.2 Å². The quantitative estimate of drug-likeness (QED) is 0.209. The van der Waals surface area contributed by atoms with E-state index in [0.29, 0.717) is 5.39 Å². The van der Waals surface area contributed by atoms with Crippen LogP contribution in [0.25, 0.3) is 21.9 Å². The first kappa shape index (κ1) is 27.2. The topological polar surface area (TPSA) is 18.5 Å². The molecule has 4 rings (SSSR count). The van der Waals surface area contributed by atoms with Gasteiger partial charge in [0.15, 0.2) is 24.0 Å². The second-order valence-electron chi connectivity index (χ2n) is 8.46. The summed E-state index contributed by atoms with van der Waals surface area (Å²) < 4.78 is 119. The Labute approximate surface area is 212 Å². The van der Waals surface area contributed by atoms with Gasteiger partial charge in [0.05, 0.1) is 12.2 Å². The lowest BCUT2D eigenvalue weighted by atomic mass is 9.96. The summed E-state index contributed by atoms with van der Waals surface area (Å²) in [5, 5.41) is 0.547. The van der Waals surface area contributed by atoms with Crippen molar-refractivity contribution in [3.63, 3.8) is 0 Å². The molecule has 0 bridgehead atoms. The van der Waals surface area contributed by atoms with E-state index in [1.54, 1.807) is 13.0 Å². The monoisotopic (exact) mass is 540 g/mol. The minimum Gasteiger partial charge on any atom is -0.494 e. The number of hydrogen-bond donors (Lipinski definition) is 0. The molecule has 0 fully saturated rings. The van der Waals surface area contributed by atoms with Crippen LogP contribution in [0, 0.1) is 29.1 Å². The predicted octanol–water partition coefficient (Wildman–Crippen LogP) is 8.33. The molecule has 0 saturated heterocycles. The highest BCUT2D eigenvalue weighted by Crippen LogP contribution is 2.33. The third kappa shape index (κ3) is 6.00. The molecule has 38 heavy (non-hydrogen) atoms. The highest BCUT2D eigenvalue weighted by atomic mass is 19.4. The van der Waals surface area contributed by atoms with Crippen LogP contribution in [0.1, 0.15) is 18.1 Å². The molecule has 4 aromatic rings. The number of halogens is 8. The van der Waals surface area contributed by atoms with E-state index in [1.165, 1.54) is 24.3 Å². The van der Waals surface area contributed by atoms with Gasteiger partial charge in [-0.25, -0.2) is 22.0 Å². The van der Waals surface area contributed by atoms with Gasteiger partial charge in [-0.3, -0.25) is 0 Å². The van der Waals surface area contributed by atoms with Crippen molar-refractivity contribution in [2.24, 2.45) is 0 Å². The van der Waals surface area contributed by atoms with Crippen molar-refractivity contribution in [1.82, 2.24) is 0 Å². The molecular formula is C28H20F8O2. The van der Waals surface area contributed by atoms with Crippen LogP contribution in [0.3, 0.4) is 0 Å². The Morgan fingerprint density at radius 2 is 1.37 bits per heavy atom. The van der Waals surface area contributed by atoms with Gasteiger partial charge in [-0.15, -0.1) is 0 Å². The summed E-state index contributed by atoms with van der Waals surface area (Å²) >= 11 is 0. The Kier molecular flexibility index (Phi) is 7.80. The second kappa shape index (κ2) is 10.9. The first-order chi connectivity index (χ1) is 18.0. The maximum Gasteiger partial charge on any atom is 0.422 e. The average Bonchev–Trinajstić information content (AvgIpc) is 2.82. The van der Waals surface area contributed by atoms with Gasteiger partial charge in [-0.05, 0) is 60.0 Å². The average molecular weight is 540 g/mol. The maximum atomic E-state index is 15.2. The molecule has 0 aliphatic carbocycles. The smallest absolute Gasteiger partial charge is 0.422 e. The third-order valence-electron chi connectivity index (χ3n) is 5.77. The van der Waals surface area contributed by atoms with Crippen molar-refractivity contribution in [2.45, 2.75) is 25.9 Å². The molecule has 2 nitrogen and oxygen atoms in total. The van der Waals surface area contributed by atoms with Crippen molar-refractivity contribution in [1.29, 1.82) is 0 Å². The van der Waals surface area contributed by atoms with Gasteiger partial charge in [0, 0.05) is 17.5 Å². The van der Waals surface area contributed by atoms with Gasteiger partial charge in [0.2, 0.25) is 0 Å². The normalized spacial score (nSPS) is 11.7. The maximum absolute atomic E-state index is 15.2. The molecule has 0 spiro atoms. The molecule has 0 aliphatic heterocycles. The largest absolute Gasteiger partial charge is 0.494 e. The fourth-order valence-electron chi connectivity index (χ4n) is 4.09. The van der Waals surface area contributed by atoms with Gasteiger partial charge in [-0.1, -0.05) is 24.3 Å². The molecule has 0 saturated carbocycles. The summed E-state index contributed by atoms with van der Waals surface area (Å²) in [5.74, 6) is -5.98. The van der Waals surface area contributed by atoms with Crippen LogP contribution >= 0.6 is 0 Å². The Bertz CT molecular complexity index is 1430. The summed E-state index contributed by atoms with van der Waals surface area (Å²) in [6.45, 7) is 0.0727. The summed E-state index contributed by atoms with van der Waals surface area (Å²) in [5.41, 5.74) is 0.213. The van der Waals surface area contributed by atoms with Crippen LogP contribution in [-0.4, -0.2) is 19.4 Å². The highest BCUT2D eigenvalue weighted by molar-refractivity contribution is 5.88. The van der Waals surface area contributed by atoms with E-state index in [0.717, 1.165) is 24.3 Å². The molecule has 4 aromatic carbocycles. The van der Waals surface area contributed by atoms with E-state index in [9.17, 15) is 30.7 Å². The fourth-order valence-corrected chi connectivity index (χ4v) is 4.09. The predicted molar refractivity (Wildman–Crippen MR) is 126 cm³/mol. The van der Waals surface area contributed by atoms with E-state index < -0.39 is 47.6 Å². The number of alkyl halides is 3. The first-order valence-corrected chi connectivity index (χ1v) is 11.5. The number of fused-ring (bicyclic) bond motifs is 1. The minimum atomic E-state index is -4.76. The summed E-state index contributed by atoms with van der Waals surface area (Å²) in [7, 11) is 0. The lowest BCUT2D eigenvalue weighted by Gasteiger charge is -2.13. The van der Waals surface area contributed by atoms with E-state index in [1.807, 2.05) is 0 Å². The number of aryl methyl sites for hydroxylation is 2. The zero-order valence-corrected chi connectivity index (χ0v) is 19.9. The molecule has 200 valence electrons. The van der Waals surface area contributed by atoms with Crippen LogP contribution in [0.4, 0.5) is 35.1 Å². The van der Waals surface area contributed by atoms with E-state index in [2.05, 4.69) is 4.74 Å². The molecular weight excluding hydrogens is 520 g/mol. The molecule has 0 aliphatic rings. The van der Waals surface area contributed by atoms with Gasteiger partial charge in [0.25, 0.3) is 0 Å². The molecule has 0 N–H and O–H groups in total. The summed E-state index contributed by atoms with van der Waals surface area (Å²) in [6.07, 6.45) is -4.76. The molecule has 0 atom stereocenters. The number of ether oxygens (including phenoxy) is 2. The summed E-state index contributed by atoms with van der Waals surface area (Å²) in [4.78, 5) is 0. The van der Waals surface area contributed by atoms with Crippen molar-refractivity contribution >= 4 is 10.8 Å². The van der Waals surface area contributed by atoms with Crippen molar-refractivity contribution in [3.05, 3.63) is 94.8 Å². The molecule has 0 heterocycles. The zero-order valence-electron chi connectivity index (χ0n) is 19.9. The Morgan fingerprint density at radius 1 is 0.711 bits per heavy atom. The van der Waals surface area contributed by atoms with E-state index in [4.69, 9.17) is 4.74 Å². The van der Waals surface area contributed by atoms with Crippen molar-refractivity contribution < 1.29 is 44.6 Å². The lowest BCUT2D eigenvalue weighted by molar-refractivity contribution is -0.154. The third-order valence-corrected chi connectivity index (χ3v) is 5.77. The Balaban J connectivity index is 1.55. The van der Waals surface area contributed by atoms with Crippen molar-refractivity contribution in [2.75, 3.05) is 13.2 Å². The SMILES string of the molecule is CCOc1cc(F)c(-c2ccc3c(F)c(CCc4cc(F)c(OCC(F)(F)F)c(F)c4)ccc3c2)c(F)c1. The zero-order chi connectivity index (χ0) is 27.6. The lowest BCUT2D eigenvalue weighted by Crippen LogP contribution is -2.20. The molecule has 0 amide bonds. The molecule has 10 heteroatoms. The number of rotatable bonds is 8. The molecule has 0 aromatic heterocycles. The van der Waals surface area contributed by atoms with Gasteiger partial charge < -0.3 is 9.47 Å². The van der Waals surface area contributed by atoms with Crippen LogP contribution in [0.5, 0.6) is 11.5 Å². The Hall–Kier alpha value is -3.82. The van der Waals surface area contributed by atoms with E-state index in [-0.39, 0.29) is 52.8 Å². The number of benzene rings is 4. The molecule has 0 unspecified atom stereocenters. The summed E-state index contributed by atoms with van der Waals surface area (Å²) in [6, 6.07) is 11.0. The standard InChI is InChI=1S/C28H20F8O2/c1-2-37-19-12-21(29)25(22(30)13-19)18-7-8-20-17(11-18)6-5-16(26(20)33)4-3-15-9-23(31)27(24(32)10-15)38-14-28(34,35)36/h5-13H,2-4,14H2,1H3. The van der Waals surface area contributed by atoms with Crippen LogP contribution in [0.2, 0.25) is 0 Å². The fraction of sp³-hybridized carbons (Fsp3) is 0.214. The Morgan fingerprint density at radius 3 is 1.97 bits per heavy atom. The van der Waals surface area contributed by atoms with Crippen LogP contribution in [0.15, 0.2) is 54.6 Å².